The fraction of sp³-hybridized carbons (Fsp3) is 0.238. The van der Waals surface area contributed by atoms with Crippen molar-refractivity contribution in [3.63, 3.8) is 0 Å². The Bertz CT molecular complexity index is 985. The lowest BCUT2D eigenvalue weighted by molar-refractivity contribution is -0.117. The maximum atomic E-state index is 12.1. The summed E-state index contributed by atoms with van der Waals surface area (Å²) in [7, 11) is 1.51. The van der Waals surface area contributed by atoms with E-state index in [9.17, 15) is 10.1 Å². The van der Waals surface area contributed by atoms with E-state index in [4.69, 9.17) is 32.7 Å². The van der Waals surface area contributed by atoms with Crippen LogP contribution >= 0.6 is 39.1 Å². The third-order valence-corrected chi connectivity index (χ3v) is 5.17. The first-order chi connectivity index (χ1) is 13.7. The van der Waals surface area contributed by atoms with Gasteiger partial charge in [-0.05, 0) is 55.3 Å². The highest BCUT2D eigenvalue weighted by Gasteiger charge is 2.14. The monoisotopic (exact) mass is 496 g/mol. The number of carbonyl (C=O) groups excluding carboxylic acids is 1. The Kier molecular flexibility index (Phi) is 8.39. The lowest BCUT2D eigenvalue weighted by atomic mass is 10.1. The van der Waals surface area contributed by atoms with E-state index in [0.29, 0.717) is 31.6 Å². The van der Waals surface area contributed by atoms with Gasteiger partial charge in [-0.15, -0.1) is 0 Å². The van der Waals surface area contributed by atoms with E-state index in [1.54, 1.807) is 24.3 Å². The van der Waals surface area contributed by atoms with E-state index in [0.717, 1.165) is 5.56 Å². The van der Waals surface area contributed by atoms with Gasteiger partial charge in [-0.1, -0.05) is 45.2 Å². The molecular weight excluding hydrogens is 479 g/mol. The van der Waals surface area contributed by atoms with Crippen molar-refractivity contribution in [1.82, 2.24) is 5.32 Å². The van der Waals surface area contributed by atoms with Crippen LogP contribution < -0.4 is 14.8 Å². The Labute approximate surface area is 188 Å². The van der Waals surface area contributed by atoms with Crippen molar-refractivity contribution >= 4 is 51.1 Å². The summed E-state index contributed by atoms with van der Waals surface area (Å²) < 4.78 is 11.9. The van der Waals surface area contributed by atoms with Crippen molar-refractivity contribution in [2.24, 2.45) is 0 Å². The predicted molar refractivity (Wildman–Crippen MR) is 118 cm³/mol. The minimum atomic E-state index is -0.437. The van der Waals surface area contributed by atoms with E-state index >= 15 is 0 Å². The molecule has 0 aromatic heterocycles. The van der Waals surface area contributed by atoms with Crippen molar-refractivity contribution in [3.05, 3.63) is 61.5 Å². The number of hydrogen-bond donors (Lipinski definition) is 1. The van der Waals surface area contributed by atoms with E-state index in [2.05, 4.69) is 21.2 Å². The first kappa shape index (κ1) is 23.1. The molecule has 0 unspecified atom stereocenters. The summed E-state index contributed by atoms with van der Waals surface area (Å²) in [4.78, 5) is 12.1. The second-order valence-corrected chi connectivity index (χ2v) is 8.03. The standard InChI is InChI=1S/C21H19BrCl2N2O3/c1-12(2)26-21(27)15(10-25)7-14-8-19(28-3)20(9-16(14)22)29-11-13-4-5-17(23)18(24)6-13/h4-9,12H,11H2,1-3H3,(H,26,27)/b15-7-. The number of ether oxygens (including phenoxy) is 2. The number of carbonyl (C=O) groups is 1. The Morgan fingerprint density at radius 1 is 1.24 bits per heavy atom. The Balaban J connectivity index is 2.28. The average Bonchev–Trinajstić information content (AvgIpc) is 2.67. The second kappa shape index (κ2) is 10.5. The maximum absolute atomic E-state index is 12.1. The zero-order valence-electron chi connectivity index (χ0n) is 16.1. The fourth-order valence-corrected chi connectivity index (χ4v) is 3.13. The van der Waals surface area contributed by atoms with Crippen molar-refractivity contribution in [3.8, 4) is 17.6 Å². The van der Waals surface area contributed by atoms with Gasteiger partial charge in [0.15, 0.2) is 11.5 Å². The van der Waals surface area contributed by atoms with E-state index in [1.165, 1.54) is 13.2 Å². The Hall–Kier alpha value is -2.20. The Morgan fingerprint density at radius 3 is 2.55 bits per heavy atom. The number of rotatable bonds is 7. The molecule has 0 fully saturated rings. The number of methoxy groups -OCH3 is 1. The molecule has 0 aliphatic heterocycles. The highest BCUT2D eigenvalue weighted by molar-refractivity contribution is 9.10. The number of hydrogen-bond acceptors (Lipinski definition) is 4. The van der Waals surface area contributed by atoms with Crippen molar-refractivity contribution < 1.29 is 14.3 Å². The number of nitrogens with one attached hydrogen (secondary N) is 1. The average molecular weight is 498 g/mol. The SMILES string of the molecule is COc1cc(/C=C(/C#N)C(=O)NC(C)C)c(Br)cc1OCc1ccc(Cl)c(Cl)c1. The van der Waals surface area contributed by atoms with Crippen LogP contribution in [0, 0.1) is 11.3 Å². The van der Waals surface area contributed by atoms with E-state index in [1.807, 2.05) is 26.0 Å². The summed E-state index contributed by atoms with van der Waals surface area (Å²) in [6.07, 6.45) is 1.49. The van der Waals surface area contributed by atoms with Crippen LogP contribution in [0.4, 0.5) is 0 Å². The zero-order valence-corrected chi connectivity index (χ0v) is 19.2. The number of amides is 1. The topological polar surface area (TPSA) is 71.3 Å². The highest BCUT2D eigenvalue weighted by Crippen LogP contribution is 2.35. The molecule has 0 heterocycles. The summed E-state index contributed by atoms with van der Waals surface area (Å²) in [6, 6.07) is 10.5. The predicted octanol–water partition coefficient (Wildman–Crippen LogP) is 5.78. The molecule has 1 N–H and O–H groups in total. The molecule has 0 atom stereocenters. The van der Waals surface area contributed by atoms with Gasteiger partial charge in [-0.25, -0.2) is 0 Å². The molecule has 2 rings (SSSR count). The summed E-state index contributed by atoms with van der Waals surface area (Å²) in [5, 5.41) is 12.9. The third-order valence-electron chi connectivity index (χ3n) is 3.75. The van der Waals surface area contributed by atoms with Gasteiger partial charge in [-0.3, -0.25) is 4.79 Å². The van der Waals surface area contributed by atoms with Crippen LogP contribution in [0.15, 0.2) is 40.4 Å². The van der Waals surface area contributed by atoms with Gasteiger partial charge in [0.25, 0.3) is 5.91 Å². The molecule has 152 valence electrons. The number of benzene rings is 2. The lowest BCUT2D eigenvalue weighted by Crippen LogP contribution is -2.30. The van der Waals surface area contributed by atoms with E-state index in [-0.39, 0.29) is 18.2 Å². The molecule has 0 aliphatic rings. The summed E-state index contributed by atoms with van der Waals surface area (Å²) in [5.41, 5.74) is 1.45. The zero-order chi connectivity index (χ0) is 21.6. The van der Waals surface area contributed by atoms with Crippen LogP contribution in [-0.4, -0.2) is 19.1 Å². The normalized spacial score (nSPS) is 11.2. The highest BCUT2D eigenvalue weighted by atomic mass is 79.9. The van der Waals surface area contributed by atoms with Crippen LogP contribution in [0.2, 0.25) is 10.0 Å². The molecule has 1 amide bonds. The second-order valence-electron chi connectivity index (χ2n) is 6.36. The minimum Gasteiger partial charge on any atom is -0.493 e. The summed E-state index contributed by atoms with van der Waals surface area (Å²) in [6.45, 7) is 3.91. The molecule has 5 nitrogen and oxygen atoms in total. The van der Waals surface area contributed by atoms with Gasteiger partial charge in [0.05, 0.1) is 17.2 Å². The summed E-state index contributed by atoms with van der Waals surface area (Å²) >= 11 is 15.4. The first-order valence-corrected chi connectivity index (χ1v) is 10.2. The molecule has 0 saturated heterocycles. The van der Waals surface area contributed by atoms with E-state index < -0.39 is 5.91 Å². The van der Waals surface area contributed by atoms with Gasteiger partial charge in [0.1, 0.15) is 18.2 Å². The van der Waals surface area contributed by atoms with Crippen molar-refractivity contribution in [1.29, 1.82) is 5.26 Å². The molecule has 29 heavy (non-hydrogen) atoms. The van der Waals surface area contributed by atoms with Crippen molar-refractivity contribution in [2.45, 2.75) is 26.5 Å². The maximum Gasteiger partial charge on any atom is 0.262 e. The van der Waals surface area contributed by atoms with Crippen LogP contribution in [-0.2, 0) is 11.4 Å². The number of nitrogens with zero attached hydrogens (tertiary/aromatic N) is 1. The molecular formula is C21H19BrCl2N2O3. The molecule has 0 spiro atoms. The molecule has 0 radical (unpaired) electrons. The number of nitriles is 1. The fourth-order valence-electron chi connectivity index (χ4n) is 2.37. The first-order valence-electron chi connectivity index (χ1n) is 8.62. The number of halogens is 3. The van der Waals surface area contributed by atoms with Crippen LogP contribution in [0.1, 0.15) is 25.0 Å². The molecule has 2 aromatic carbocycles. The van der Waals surface area contributed by atoms with Gasteiger partial charge >= 0.3 is 0 Å². The molecule has 8 heteroatoms. The van der Waals surface area contributed by atoms with Crippen molar-refractivity contribution in [2.75, 3.05) is 7.11 Å². The third kappa shape index (κ3) is 6.40. The molecule has 0 bridgehead atoms. The quantitative estimate of drug-likeness (QED) is 0.389. The van der Waals surface area contributed by atoms with Gasteiger partial charge < -0.3 is 14.8 Å². The van der Waals surface area contributed by atoms with Gasteiger partial charge in [0.2, 0.25) is 0 Å². The van der Waals surface area contributed by atoms with Crippen LogP contribution in [0.5, 0.6) is 11.5 Å². The van der Waals surface area contributed by atoms with Crippen LogP contribution in [0.3, 0.4) is 0 Å². The smallest absolute Gasteiger partial charge is 0.262 e. The van der Waals surface area contributed by atoms with Gasteiger partial charge in [0, 0.05) is 10.5 Å². The Morgan fingerprint density at radius 2 is 1.97 bits per heavy atom. The molecule has 0 aliphatic carbocycles. The van der Waals surface area contributed by atoms with Crippen LogP contribution in [0.25, 0.3) is 6.08 Å². The molecule has 0 saturated carbocycles. The molecule has 2 aromatic rings. The lowest BCUT2D eigenvalue weighted by Gasteiger charge is -2.13. The minimum absolute atomic E-state index is 0.00840. The van der Waals surface area contributed by atoms with Gasteiger partial charge in [-0.2, -0.15) is 5.26 Å². The summed E-state index contributed by atoms with van der Waals surface area (Å²) in [5.74, 6) is 0.516. The largest absolute Gasteiger partial charge is 0.493 e.